The minimum Gasteiger partial charge on any atom is -0.508 e. The van der Waals surface area contributed by atoms with Crippen LogP contribution in [0.25, 0.3) is 11.1 Å². The third-order valence-corrected chi connectivity index (χ3v) is 3.60. The van der Waals surface area contributed by atoms with Crippen LogP contribution in [0.15, 0.2) is 36.4 Å². The Balaban J connectivity index is 2.10. The molecule has 0 radical (unpaired) electrons. The van der Waals surface area contributed by atoms with E-state index in [1.807, 2.05) is 18.2 Å². The summed E-state index contributed by atoms with van der Waals surface area (Å²) in [5, 5.41) is 9.86. The lowest BCUT2D eigenvalue weighted by molar-refractivity contribution is 0.0994. The van der Waals surface area contributed by atoms with Gasteiger partial charge in [-0.05, 0) is 35.7 Å². The van der Waals surface area contributed by atoms with Gasteiger partial charge < -0.3 is 5.11 Å². The number of Topliss-reactive ketones (excluding diaryl/α,β-unsaturated/α-hetero) is 1. The number of phenols is 1. The molecule has 1 aliphatic rings. The standard InChI is InChI=1S/C15H11ClO2/c16-14-8-11(17)3-5-12(14)9-1-4-13-10(7-9)2-6-15(13)18/h1,3-5,7-8,17H,2,6H2. The third kappa shape index (κ3) is 1.79. The summed E-state index contributed by atoms with van der Waals surface area (Å²) < 4.78 is 0. The fourth-order valence-corrected chi connectivity index (χ4v) is 2.65. The second kappa shape index (κ2) is 4.14. The molecule has 0 amide bonds. The van der Waals surface area contributed by atoms with Crippen molar-refractivity contribution in [2.75, 3.05) is 0 Å². The maximum Gasteiger partial charge on any atom is 0.163 e. The van der Waals surface area contributed by atoms with Crippen molar-refractivity contribution in [3.63, 3.8) is 0 Å². The molecule has 0 aromatic heterocycles. The number of phenolic OH excluding ortho intramolecular Hbond substituents is 1. The number of hydrogen-bond acceptors (Lipinski definition) is 2. The molecule has 0 spiro atoms. The average Bonchev–Trinajstić information content (AvgIpc) is 2.71. The number of carbonyl (C=O) groups excluding carboxylic acids is 1. The molecule has 3 heteroatoms. The zero-order valence-electron chi connectivity index (χ0n) is 9.61. The van der Waals surface area contributed by atoms with Crippen LogP contribution in [0, 0.1) is 0 Å². The van der Waals surface area contributed by atoms with E-state index in [-0.39, 0.29) is 11.5 Å². The third-order valence-electron chi connectivity index (χ3n) is 3.29. The topological polar surface area (TPSA) is 37.3 Å². The number of fused-ring (bicyclic) bond motifs is 1. The first-order valence-electron chi connectivity index (χ1n) is 5.80. The van der Waals surface area contributed by atoms with Crippen molar-refractivity contribution in [1.82, 2.24) is 0 Å². The molecule has 0 atom stereocenters. The lowest BCUT2D eigenvalue weighted by atomic mass is 10.0. The molecule has 0 aliphatic heterocycles. The lowest BCUT2D eigenvalue weighted by Crippen LogP contribution is -1.91. The van der Waals surface area contributed by atoms with E-state index in [1.165, 1.54) is 6.07 Å². The summed E-state index contributed by atoms with van der Waals surface area (Å²) in [6.45, 7) is 0. The monoisotopic (exact) mass is 258 g/mol. The summed E-state index contributed by atoms with van der Waals surface area (Å²) in [5.41, 5.74) is 3.76. The van der Waals surface area contributed by atoms with E-state index in [2.05, 4.69) is 0 Å². The molecule has 0 saturated carbocycles. The molecule has 0 heterocycles. The van der Waals surface area contributed by atoms with E-state index in [9.17, 15) is 9.90 Å². The van der Waals surface area contributed by atoms with Gasteiger partial charge in [0.05, 0.1) is 5.02 Å². The van der Waals surface area contributed by atoms with Gasteiger partial charge >= 0.3 is 0 Å². The predicted octanol–water partition coefficient (Wildman–Crippen LogP) is 3.84. The quantitative estimate of drug-likeness (QED) is 0.844. The first-order valence-corrected chi connectivity index (χ1v) is 6.18. The summed E-state index contributed by atoms with van der Waals surface area (Å²) in [5.74, 6) is 0.369. The number of halogens is 1. The van der Waals surface area contributed by atoms with Gasteiger partial charge in [-0.15, -0.1) is 0 Å². The number of carbonyl (C=O) groups is 1. The van der Waals surface area contributed by atoms with Gasteiger partial charge in [0.1, 0.15) is 5.75 Å². The normalized spacial score (nSPS) is 13.7. The highest BCUT2D eigenvalue weighted by Crippen LogP contribution is 2.33. The second-order valence-corrected chi connectivity index (χ2v) is 4.87. The van der Waals surface area contributed by atoms with Crippen molar-refractivity contribution in [2.45, 2.75) is 12.8 Å². The molecule has 2 nitrogen and oxygen atoms in total. The van der Waals surface area contributed by atoms with E-state index in [0.717, 1.165) is 28.7 Å². The van der Waals surface area contributed by atoms with Crippen LogP contribution in [-0.2, 0) is 6.42 Å². The summed E-state index contributed by atoms with van der Waals surface area (Å²) in [6.07, 6.45) is 1.40. The van der Waals surface area contributed by atoms with Crippen LogP contribution in [0.1, 0.15) is 22.3 Å². The zero-order valence-corrected chi connectivity index (χ0v) is 10.4. The first-order chi connectivity index (χ1) is 8.65. The van der Waals surface area contributed by atoms with Gasteiger partial charge in [-0.25, -0.2) is 0 Å². The van der Waals surface area contributed by atoms with E-state index < -0.39 is 0 Å². The van der Waals surface area contributed by atoms with E-state index in [1.54, 1.807) is 12.1 Å². The van der Waals surface area contributed by atoms with Crippen LogP contribution in [0.4, 0.5) is 0 Å². The fraction of sp³-hybridized carbons (Fsp3) is 0.133. The van der Waals surface area contributed by atoms with Crippen molar-refractivity contribution in [2.24, 2.45) is 0 Å². The maximum absolute atomic E-state index is 11.6. The lowest BCUT2D eigenvalue weighted by Gasteiger charge is -2.07. The SMILES string of the molecule is O=C1CCc2cc(-c3ccc(O)cc3Cl)ccc21. The summed E-state index contributed by atoms with van der Waals surface area (Å²) in [4.78, 5) is 11.6. The largest absolute Gasteiger partial charge is 0.508 e. The molecule has 0 saturated heterocycles. The van der Waals surface area contributed by atoms with Gasteiger partial charge in [0.25, 0.3) is 0 Å². The fourth-order valence-electron chi connectivity index (χ4n) is 2.36. The van der Waals surface area contributed by atoms with Gasteiger partial charge in [0, 0.05) is 17.5 Å². The highest BCUT2D eigenvalue weighted by atomic mass is 35.5. The highest BCUT2D eigenvalue weighted by Gasteiger charge is 2.19. The molecule has 90 valence electrons. The van der Waals surface area contributed by atoms with Crippen molar-refractivity contribution in [3.05, 3.63) is 52.5 Å². The number of benzene rings is 2. The molecular weight excluding hydrogens is 248 g/mol. The molecular formula is C15H11ClO2. The molecule has 1 aliphatic carbocycles. The van der Waals surface area contributed by atoms with Gasteiger partial charge in [-0.1, -0.05) is 29.8 Å². The Morgan fingerprint density at radius 2 is 1.78 bits per heavy atom. The molecule has 0 unspecified atom stereocenters. The maximum atomic E-state index is 11.6. The van der Waals surface area contributed by atoms with Crippen LogP contribution >= 0.6 is 11.6 Å². The smallest absolute Gasteiger partial charge is 0.163 e. The minimum atomic E-state index is 0.153. The highest BCUT2D eigenvalue weighted by molar-refractivity contribution is 6.33. The van der Waals surface area contributed by atoms with Crippen LogP contribution in [0.3, 0.4) is 0 Å². The van der Waals surface area contributed by atoms with Crippen LogP contribution in [0.5, 0.6) is 5.75 Å². The molecule has 18 heavy (non-hydrogen) atoms. The molecule has 3 rings (SSSR count). The van der Waals surface area contributed by atoms with E-state index >= 15 is 0 Å². The van der Waals surface area contributed by atoms with E-state index in [0.29, 0.717) is 11.4 Å². The Bertz CT molecular complexity index is 647. The Hall–Kier alpha value is -1.80. The number of aromatic hydroxyl groups is 1. The number of hydrogen-bond donors (Lipinski definition) is 1. The van der Waals surface area contributed by atoms with Crippen molar-refractivity contribution < 1.29 is 9.90 Å². The summed E-state index contributed by atoms with van der Waals surface area (Å²) in [7, 11) is 0. The van der Waals surface area contributed by atoms with E-state index in [4.69, 9.17) is 11.6 Å². The second-order valence-electron chi connectivity index (χ2n) is 4.46. The van der Waals surface area contributed by atoms with Crippen LogP contribution in [-0.4, -0.2) is 10.9 Å². The molecule has 2 aromatic rings. The Morgan fingerprint density at radius 3 is 2.56 bits per heavy atom. The van der Waals surface area contributed by atoms with Gasteiger partial charge in [0.2, 0.25) is 0 Å². The zero-order chi connectivity index (χ0) is 12.7. The van der Waals surface area contributed by atoms with Gasteiger partial charge in [0.15, 0.2) is 5.78 Å². The first kappa shape index (κ1) is 11.3. The Morgan fingerprint density at radius 1 is 1.00 bits per heavy atom. The number of rotatable bonds is 1. The van der Waals surface area contributed by atoms with Crippen LogP contribution < -0.4 is 0 Å². The molecule has 0 fully saturated rings. The van der Waals surface area contributed by atoms with Crippen molar-refractivity contribution in [3.8, 4) is 16.9 Å². The molecule has 2 aromatic carbocycles. The summed E-state index contributed by atoms with van der Waals surface area (Å²) in [6, 6.07) is 10.7. The van der Waals surface area contributed by atoms with Gasteiger partial charge in [-0.2, -0.15) is 0 Å². The molecule has 1 N–H and O–H groups in total. The van der Waals surface area contributed by atoms with Crippen LogP contribution in [0.2, 0.25) is 5.02 Å². The van der Waals surface area contributed by atoms with Crippen molar-refractivity contribution >= 4 is 17.4 Å². The van der Waals surface area contributed by atoms with Crippen molar-refractivity contribution in [1.29, 1.82) is 0 Å². The summed E-state index contributed by atoms with van der Waals surface area (Å²) >= 11 is 6.12. The van der Waals surface area contributed by atoms with Gasteiger partial charge in [-0.3, -0.25) is 4.79 Å². The number of ketones is 1. The average molecular weight is 259 g/mol. The number of aryl methyl sites for hydroxylation is 1. The Kier molecular flexibility index (Phi) is 2.60. The minimum absolute atomic E-state index is 0.153. The molecule has 0 bridgehead atoms. The Labute approximate surface area is 110 Å². The predicted molar refractivity (Wildman–Crippen MR) is 71.2 cm³/mol.